The van der Waals surface area contributed by atoms with E-state index in [0.717, 1.165) is 43.4 Å². The summed E-state index contributed by atoms with van der Waals surface area (Å²) in [7, 11) is 0. The average Bonchev–Trinajstić information content (AvgIpc) is 3.17. The number of fused-ring (bicyclic) bond motifs is 1. The van der Waals surface area contributed by atoms with Crippen LogP contribution in [0.15, 0.2) is 48.5 Å². The Balaban J connectivity index is 1.54. The fourth-order valence-corrected chi connectivity index (χ4v) is 4.25. The van der Waals surface area contributed by atoms with E-state index >= 15 is 0 Å². The summed E-state index contributed by atoms with van der Waals surface area (Å²) in [4.78, 5) is 12.8. The van der Waals surface area contributed by atoms with Gasteiger partial charge in [-0.1, -0.05) is 42.5 Å². The minimum absolute atomic E-state index is 0.0785. The predicted molar refractivity (Wildman–Crippen MR) is 101 cm³/mol. The van der Waals surface area contributed by atoms with Gasteiger partial charge in [-0.05, 0) is 42.9 Å². The Morgan fingerprint density at radius 1 is 1.12 bits per heavy atom. The smallest absolute Gasteiger partial charge is 0.255 e. The number of carbonyl (C=O) groups is 1. The third-order valence-corrected chi connectivity index (χ3v) is 5.84. The Hall–Kier alpha value is -2.33. The first-order chi connectivity index (χ1) is 12.7. The van der Waals surface area contributed by atoms with Crippen molar-refractivity contribution < 1.29 is 14.6 Å². The van der Waals surface area contributed by atoms with Crippen molar-refractivity contribution in [3.8, 4) is 5.75 Å². The normalized spacial score (nSPS) is 24.6. The standard InChI is InChI=1S/C22H25NO3/c24-18-9-12-22(13-10-18,17-6-2-1-3-7-17)15-23-21(25)19-8-4-5-16-11-14-26-20(16)19/h1-8,18,24H,9-15H2,(H,23,25). The van der Waals surface area contributed by atoms with Gasteiger partial charge in [-0.15, -0.1) is 0 Å². The molecule has 0 aromatic heterocycles. The topological polar surface area (TPSA) is 58.6 Å². The molecular formula is C22H25NO3. The van der Waals surface area contributed by atoms with Gasteiger partial charge >= 0.3 is 0 Å². The van der Waals surface area contributed by atoms with Crippen molar-refractivity contribution in [3.05, 3.63) is 65.2 Å². The maximum atomic E-state index is 12.8. The lowest BCUT2D eigenvalue weighted by Crippen LogP contribution is -2.44. The summed E-state index contributed by atoms with van der Waals surface area (Å²) in [6, 6.07) is 16.1. The molecule has 4 nitrogen and oxygen atoms in total. The molecule has 4 rings (SSSR count). The molecule has 2 N–H and O–H groups in total. The largest absolute Gasteiger partial charge is 0.492 e. The van der Waals surface area contributed by atoms with E-state index in [4.69, 9.17) is 4.74 Å². The second kappa shape index (κ2) is 7.12. The number of nitrogens with one attached hydrogen (secondary N) is 1. The summed E-state index contributed by atoms with van der Waals surface area (Å²) >= 11 is 0. The van der Waals surface area contributed by atoms with Gasteiger partial charge in [-0.25, -0.2) is 0 Å². The average molecular weight is 351 g/mol. The first-order valence-corrected chi connectivity index (χ1v) is 9.44. The summed E-state index contributed by atoms with van der Waals surface area (Å²) in [5, 5.41) is 13.1. The Labute approximate surface area is 154 Å². The molecule has 2 aromatic carbocycles. The van der Waals surface area contributed by atoms with E-state index in [1.807, 2.05) is 36.4 Å². The molecule has 1 saturated carbocycles. The van der Waals surface area contributed by atoms with Crippen LogP contribution >= 0.6 is 0 Å². The lowest BCUT2D eigenvalue weighted by molar-refractivity contribution is 0.0850. The second-order valence-electron chi connectivity index (χ2n) is 7.45. The van der Waals surface area contributed by atoms with Crippen LogP contribution in [0, 0.1) is 0 Å². The molecule has 0 atom stereocenters. The highest BCUT2D eigenvalue weighted by molar-refractivity contribution is 5.97. The van der Waals surface area contributed by atoms with Crippen LogP contribution < -0.4 is 10.1 Å². The van der Waals surface area contributed by atoms with E-state index < -0.39 is 0 Å². The zero-order valence-corrected chi connectivity index (χ0v) is 14.9. The van der Waals surface area contributed by atoms with Gasteiger partial charge in [0, 0.05) is 18.4 Å². The summed E-state index contributed by atoms with van der Waals surface area (Å²) in [5.74, 6) is 0.656. The SMILES string of the molecule is O=C(NCC1(c2ccccc2)CCC(O)CC1)c1cccc2c1OCC2. The van der Waals surface area contributed by atoms with Crippen LogP contribution in [0.2, 0.25) is 0 Å². The van der Waals surface area contributed by atoms with Crippen LogP contribution in [0.4, 0.5) is 0 Å². The predicted octanol–water partition coefficient (Wildman–Crippen LogP) is 3.22. The lowest BCUT2D eigenvalue weighted by Gasteiger charge is -2.39. The number of rotatable bonds is 4. The number of hydrogen-bond acceptors (Lipinski definition) is 3. The highest BCUT2D eigenvalue weighted by atomic mass is 16.5. The molecule has 2 aliphatic rings. The summed E-state index contributed by atoms with van der Waals surface area (Å²) in [5.41, 5.74) is 2.85. The van der Waals surface area contributed by atoms with Crippen molar-refractivity contribution in [1.29, 1.82) is 0 Å². The fraction of sp³-hybridized carbons (Fsp3) is 0.409. The Morgan fingerprint density at radius 2 is 1.88 bits per heavy atom. The van der Waals surface area contributed by atoms with Gasteiger partial charge in [0.15, 0.2) is 0 Å². The van der Waals surface area contributed by atoms with Crippen molar-refractivity contribution in [2.24, 2.45) is 0 Å². The first kappa shape index (κ1) is 17.1. The fourth-order valence-electron chi connectivity index (χ4n) is 4.25. The second-order valence-corrected chi connectivity index (χ2v) is 7.45. The van der Waals surface area contributed by atoms with Crippen molar-refractivity contribution in [3.63, 3.8) is 0 Å². The summed E-state index contributed by atoms with van der Waals surface area (Å²) in [6.45, 7) is 1.22. The van der Waals surface area contributed by atoms with Crippen molar-refractivity contribution in [2.75, 3.05) is 13.2 Å². The van der Waals surface area contributed by atoms with Crippen molar-refractivity contribution in [1.82, 2.24) is 5.32 Å². The summed E-state index contributed by atoms with van der Waals surface area (Å²) < 4.78 is 5.67. The third-order valence-electron chi connectivity index (χ3n) is 5.84. The van der Waals surface area contributed by atoms with Gasteiger partial charge < -0.3 is 15.2 Å². The molecule has 1 amide bonds. The molecule has 0 saturated heterocycles. The maximum absolute atomic E-state index is 12.8. The molecular weight excluding hydrogens is 326 g/mol. The molecule has 136 valence electrons. The molecule has 1 heterocycles. The monoisotopic (exact) mass is 351 g/mol. The number of aliphatic hydroxyl groups excluding tert-OH is 1. The molecule has 2 aromatic rings. The molecule has 4 heteroatoms. The first-order valence-electron chi connectivity index (χ1n) is 9.44. The van der Waals surface area contributed by atoms with Crippen LogP contribution in [0.1, 0.15) is 47.2 Å². The van der Waals surface area contributed by atoms with Crippen LogP contribution in [0.25, 0.3) is 0 Å². The zero-order valence-electron chi connectivity index (χ0n) is 14.9. The van der Waals surface area contributed by atoms with Crippen molar-refractivity contribution >= 4 is 5.91 Å². The minimum Gasteiger partial charge on any atom is -0.492 e. The van der Waals surface area contributed by atoms with Crippen molar-refractivity contribution in [2.45, 2.75) is 43.6 Å². The quantitative estimate of drug-likeness (QED) is 0.889. The van der Waals surface area contributed by atoms with E-state index in [-0.39, 0.29) is 17.4 Å². The molecule has 0 bridgehead atoms. The number of ether oxygens (including phenoxy) is 1. The molecule has 1 fully saturated rings. The number of amides is 1. The highest BCUT2D eigenvalue weighted by Crippen LogP contribution is 2.39. The Bertz CT molecular complexity index is 779. The van der Waals surface area contributed by atoms with E-state index in [1.54, 1.807) is 0 Å². The maximum Gasteiger partial charge on any atom is 0.255 e. The van der Waals surface area contributed by atoms with Gasteiger partial charge in [0.2, 0.25) is 0 Å². The highest BCUT2D eigenvalue weighted by Gasteiger charge is 2.37. The van der Waals surface area contributed by atoms with Crippen LogP contribution in [0.5, 0.6) is 5.75 Å². The van der Waals surface area contributed by atoms with Gasteiger partial charge in [0.05, 0.1) is 18.3 Å². The number of aliphatic hydroxyl groups is 1. The van der Waals surface area contributed by atoms with Gasteiger partial charge in [-0.3, -0.25) is 4.79 Å². The molecule has 26 heavy (non-hydrogen) atoms. The van der Waals surface area contributed by atoms with E-state index in [9.17, 15) is 9.90 Å². The third kappa shape index (κ3) is 3.21. The van der Waals surface area contributed by atoms with E-state index in [0.29, 0.717) is 18.7 Å². The molecule has 1 aliphatic heterocycles. The Morgan fingerprint density at radius 3 is 2.65 bits per heavy atom. The zero-order chi connectivity index (χ0) is 18.0. The van der Waals surface area contributed by atoms with E-state index in [1.165, 1.54) is 5.56 Å². The number of hydrogen-bond donors (Lipinski definition) is 2. The molecule has 0 spiro atoms. The molecule has 0 unspecified atom stereocenters. The van der Waals surface area contributed by atoms with Crippen LogP contribution in [-0.4, -0.2) is 30.3 Å². The number of benzene rings is 2. The van der Waals surface area contributed by atoms with Crippen LogP contribution in [-0.2, 0) is 11.8 Å². The lowest BCUT2D eigenvalue weighted by atomic mass is 9.68. The number of carbonyl (C=O) groups excluding carboxylic acids is 1. The van der Waals surface area contributed by atoms with Gasteiger partial charge in [0.25, 0.3) is 5.91 Å². The van der Waals surface area contributed by atoms with E-state index in [2.05, 4.69) is 17.4 Å². The Kier molecular flexibility index (Phi) is 4.68. The van der Waals surface area contributed by atoms with Crippen LogP contribution in [0.3, 0.4) is 0 Å². The van der Waals surface area contributed by atoms with Gasteiger partial charge in [-0.2, -0.15) is 0 Å². The van der Waals surface area contributed by atoms with Gasteiger partial charge in [0.1, 0.15) is 5.75 Å². The minimum atomic E-state index is -0.228. The molecule has 0 radical (unpaired) electrons. The molecule has 1 aliphatic carbocycles. The number of para-hydroxylation sites is 1. The summed E-state index contributed by atoms with van der Waals surface area (Å²) in [6.07, 6.45) is 3.93.